The molecule has 1 amide bonds. The van der Waals surface area contributed by atoms with E-state index in [-0.39, 0.29) is 5.91 Å². The van der Waals surface area contributed by atoms with E-state index < -0.39 is 0 Å². The van der Waals surface area contributed by atoms with Gasteiger partial charge in [0.25, 0.3) is 5.91 Å². The molecule has 5 rings (SSSR count). The van der Waals surface area contributed by atoms with Crippen LogP contribution >= 0.6 is 0 Å². The maximum absolute atomic E-state index is 12.3. The van der Waals surface area contributed by atoms with Crippen molar-refractivity contribution in [2.75, 3.05) is 41.8 Å². The maximum atomic E-state index is 12.3. The molecule has 34 heavy (non-hydrogen) atoms. The molecule has 0 radical (unpaired) electrons. The van der Waals surface area contributed by atoms with Gasteiger partial charge in [-0.2, -0.15) is 0 Å². The lowest BCUT2D eigenvalue weighted by molar-refractivity contribution is 0.102. The standard InChI is InChI=1S/C26H24N6O2/c33-25(20-2-1-12-27-18-20)29-21-5-3-19(4-6-21)24-11-13-28-26(31-24)30-22-7-9-23(10-8-22)32-14-16-34-17-15-32/h1-13,18H,14-17H2,(H,29,33)(H,28,30,31). The molecule has 0 aliphatic carbocycles. The van der Waals surface area contributed by atoms with Crippen molar-refractivity contribution in [1.82, 2.24) is 15.0 Å². The van der Waals surface area contributed by atoms with Crippen molar-refractivity contribution in [3.05, 3.63) is 90.9 Å². The van der Waals surface area contributed by atoms with E-state index in [0.717, 1.165) is 43.2 Å². The second kappa shape index (κ2) is 10.1. The fourth-order valence-electron chi connectivity index (χ4n) is 3.71. The van der Waals surface area contributed by atoms with Crippen LogP contribution in [0.1, 0.15) is 10.4 Å². The number of ether oxygens (including phenoxy) is 1. The van der Waals surface area contributed by atoms with Gasteiger partial charge in [0.1, 0.15) is 0 Å². The van der Waals surface area contributed by atoms with Gasteiger partial charge < -0.3 is 20.3 Å². The van der Waals surface area contributed by atoms with Gasteiger partial charge >= 0.3 is 0 Å². The Labute approximate surface area is 197 Å². The van der Waals surface area contributed by atoms with Gasteiger partial charge in [0.15, 0.2) is 0 Å². The topological polar surface area (TPSA) is 92.3 Å². The fraction of sp³-hybridized carbons (Fsp3) is 0.154. The van der Waals surface area contributed by atoms with Gasteiger partial charge in [-0.3, -0.25) is 9.78 Å². The van der Waals surface area contributed by atoms with E-state index in [4.69, 9.17) is 4.74 Å². The molecule has 4 aromatic rings. The summed E-state index contributed by atoms with van der Waals surface area (Å²) in [5.74, 6) is 0.319. The van der Waals surface area contributed by atoms with Crippen LogP contribution in [0.5, 0.6) is 0 Å². The van der Waals surface area contributed by atoms with Crippen LogP contribution < -0.4 is 15.5 Å². The molecule has 2 aromatic heterocycles. The molecule has 0 saturated carbocycles. The monoisotopic (exact) mass is 452 g/mol. The molecule has 0 unspecified atom stereocenters. The average molecular weight is 453 g/mol. The minimum Gasteiger partial charge on any atom is -0.378 e. The van der Waals surface area contributed by atoms with Crippen molar-refractivity contribution >= 4 is 28.9 Å². The summed E-state index contributed by atoms with van der Waals surface area (Å²) in [6, 6.07) is 21.1. The third kappa shape index (κ3) is 5.19. The van der Waals surface area contributed by atoms with Crippen molar-refractivity contribution in [3.63, 3.8) is 0 Å². The summed E-state index contributed by atoms with van der Waals surface area (Å²) < 4.78 is 5.42. The zero-order valence-electron chi connectivity index (χ0n) is 18.5. The van der Waals surface area contributed by atoms with Crippen LogP contribution in [-0.4, -0.2) is 47.2 Å². The third-order valence-corrected chi connectivity index (χ3v) is 5.52. The lowest BCUT2D eigenvalue weighted by Gasteiger charge is -2.28. The Hall–Kier alpha value is -4.30. The van der Waals surface area contributed by atoms with Crippen LogP contribution in [0.4, 0.5) is 23.0 Å². The maximum Gasteiger partial charge on any atom is 0.257 e. The lowest BCUT2D eigenvalue weighted by atomic mass is 10.1. The smallest absolute Gasteiger partial charge is 0.257 e. The third-order valence-electron chi connectivity index (χ3n) is 5.52. The number of hydrogen-bond donors (Lipinski definition) is 2. The SMILES string of the molecule is O=C(Nc1ccc(-c2ccnc(Nc3ccc(N4CCOCC4)cc3)n2)cc1)c1cccnc1. The highest BCUT2D eigenvalue weighted by atomic mass is 16.5. The number of nitrogens with zero attached hydrogens (tertiary/aromatic N) is 4. The first-order valence-corrected chi connectivity index (χ1v) is 11.1. The second-order valence-electron chi connectivity index (χ2n) is 7.81. The van der Waals surface area contributed by atoms with Crippen LogP contribution in [0, 0.1) is 0 Å². The first-order chi connectivity index (χ1) is 16.7. The van der Waals surface area contributed by atoms with Gasteiger partial charge in [-0.15, -0.1) is 0 Å². The minimum atomic E-state index is -0.200. The number of rotatable bonds is 6. The Balaban J connectivity index is 1.24. The molecule has 170 valence electrons. The normalized spacial score (nSPS) is 13.4. The quantitative estimate of drug-likeness (QED) is 0.449. The predicted molar refractivity (Wildman–Crippen MR) is 132 cm³/mol. The van der Waals surface area contributed by atoms with Gasteiger partial charge in [0, 0.05) is 54.3 Å². The van der Waals surface area contributed by atoms with Crippen molar-refractivity contribution in [2.45, 2.75) is 0 Å². The van der Waals surface area contributed by atoms with Crippen molar-refractivity contribution in [2.24, 2.45) is 0 Å². The predicted octanol–water partition coefficient (Wildman–Crippen LogP) is 4.37. The van der Waals surface area contributed by atoms with Crippen molar-refractivity contribution in [3.8, 4) is 11.3 Å². The van der Waals surface area contributed by atoms with E-state index in [1.165, 1.54) is 11.9 Å². The second-order valence-corrected chi connectivity index (χ2v) is 7.81. The number of benzene rings is 2. The largest absolute Gasteiger partial charge is 0.378 e. The number of pyridine rings is 1. The summed E-state index contributed by atoms with van der Waals surface area (Å²) in [5, 5.41) is 6.15. The number of carbonyl (C=O) groups is 1. The molecule has 0 spiro atoms. The van der Waals surface area contributed by atoms with E-state index >= 15 is 0 Å². The fourth-order valence-corrected chi connectivity index (χ4v) is 3.71. The summed E-state index contributed by atoms with van der Waals surface area (Å²) >= 11 is 0. The van der Waals surface area contributed by atoms with Crippen LogP contribution in [0.15, 0.2) is 85.3 Å². The molecule has 1 aliphatic heterocycles. The number of nitrogens with one attached hydrogen (secondary N) is 2. The average Bonchev–Trinajstić information content (AvgIpc) is 2.91. The first-order valence-electron chi connectivity index (χ1n) is 11.1. The summed E-state index contributed by atoms with van der Waals surface area (Å²) in [6.07, 6.45) is 4.90. The van der Waals surface area contributed by atoms with Crippen LogP contribution in [0.3, 0.4) is 0 Å². The Morgan fingerprint density at radius 3 is 2.38 bits per heavy atom. The molecule has 8 nitrogen and oxygen atoms in total. The minimum absolute atomic E-state index is 0.200. The van der Waals surface area contributed by atoms with E-state index in [1.54, 1.807) is 24.5 Å². The highest BCUT2D eigenvalue weighted by Crippen LogP contribution is 2.23. The van der Waals surface area contributed by atoms with Gasteiger partial charge in [-0.05, 0) is 54.6 Å². The van der Waals surface area contributed by atoms with Crippen molar-refractivity contribution in [1.29, 1.82) is 0 Å². The lowest BCUT2D eigenvalue weighted by Crippen LogP contribution is -2.36. The van der Waals surface area contributed by atoms with E-state index in [2.05, 4.69) is 42.6 Å². The summed E-state index contributed by atoms with van der Waals surface area (Å²) in [6.45, 7) is 3.34. The zero-order chi connectivity index (χ0) is 23.2. The van der Waals surface area contributed by atoms with Crippen LogP contribution in [0.25, 0.3) is 11.3 Å². The van der Waals surface area contributed by atoms with E-state index in [9.17, 15) is 4.79 Å². The molecule has 2 N–H and O–H groups in total. The zero-order valence-corrected chi connectivity index (χ0v) is 18.5. The van der Waals surface area contributed by atoms with E-state index in [0.29, 0.717) is 17.2 Å². The number of anilines is 4. The van der Waals surface area contributed by atoms with Gasteiger partial charge in [0.05, 0.1) is 24.5 Å². The number of hydrogen-bond acceptors (Lipinski definition) is 7. The molecule has 0 bridgehead atoms. The molecule has 1 aliphatic rings. The molecular formula is C26H24N6O2. The summed E-state index contributed by atoms with van der Waals surface area (Å²) in [5.41, 5.74) is 5.02. The van der Waals surface area contributed by atoms with Crippen LogP contribution in [-0.2, 0) is 4.74 Å². The summed E-state index contributed by atoms with van der Waals surface area (Å²) in [4.78, 5) is 27.6. The number of amides is 1. The van der Waals surface area contributed by atoms with E-state index in [1.807, 2.05) is 42.5 Å². The molecule has 1 saturated heterocycles. The number of morpholine rings is 1. The number of aromatic nitrogens is 3. The Kier molecular flexibility index (Phi) is 6.40. The van der Waals surface area contributed by atoms with Crippen molar-refractivity contribution < 1.29 is 9.53 Å². The number of carbonyl (C=O) groups excluding carboxylic acids is 1. The molecule has 0 atom stereocenters. The van der Waals surface area contributed by atoms with Gasteiger partial charge in [-0.1, -0.05) is 12.1 Å². The molecule has 2 aromatic carbocycles. The molecule has 3 heterocycles. The molecule has 8 heteroatoms. The Bertz CT molecular complexity index is 1240. The Morgan fingerprint density at radius 2 is 1.65 bits per heavy atom. The highest BCUT2D eigenvalue weighted by molar-refractivity contribution is 6.04. The van der Waals surface area contributed by atoms with Gasteiger partial charge in [-0.25, -0.2) is 9.97 Å². The molecule has 1 fully saturated rings. The van der Waals surface area contributed by atoms with Gasteiger partial charge in [0.2, 0.25) is 5.95 Å². The Morgan fingerprint density at radius 1 is 0.882 bits per heavy atom. The molecular weight excluding hydrogens is 428 g/mol. The summed E-state index contributed by atoms with van der Waals surface area (Å²) in [7, 11) is 0. The first kappa shape index (κ1) is 21.5. The van der Waals surface area contributed by atoms with Crippen LogP contribution in [0.2, 0.25) is 0 Å². The highest BCUT2D eigenvalue weighted by Gasteiger charge is 2.11.